The number of benzene rings is 1. The SMILES string of the molecule is CNC(=O)Cc1csc(NC(=O)C2CCN(c3nc4ccc(OC)cc4s3)CC2)n1. The highest BCUT2D eigenvalue weighted by Gasteiger charge is 2.27. The number of likely N-dealkylation sites (N-methyl/N-ethyl adjacent to an activating group) is 1. The summed E-state index contributed by atoms with van der Waals surface area (Å²) in [5, 5.41) is 8.80. The van der Waals surface area contributed by atoms with Crippen LogP contribution in [-0.2, 0) is 16.0 Å². The van der Waals surface area contributed by atoms with Crippen LogP contribution >= 0.6 is 22.7 Å². The number of ether oxygens (including phenoxy) is 1. The van der Waals surface area contributed by atoms with E-state index in [2.05, 4.69) is 20.5 Å². The summed E-state index contributed by atoms with van der Waals surface area (Å²) in [5.41, 5.74) is 1.63. The predicted molar refractivity (Wildman–Crippen MR) is 120 cm³/mol. The van der Waals surface area contributed by atoms with E-state index in [9.17, 15) is 9.59 Å². The summed E-state index contributed by atoms with van der Waals surface area (Å²) >= 11 is 2.99. The van der Waals surface area contributed by atoms with Crippen molar-refractivity contribution in [3.63, 3.8) is 0 Å². The Morgan fingerprint density at radius 1 is 1.27 bits per heavy atom. The molecule has 1 aliphatic rings. The average molecular weight is 446 g/mol. The van der Waals surface area contributed by atoms with Gasteiger partial charge >= 0.3 is 0 Å². The van der Waals surface area contributed by atoms with Gasteiger partial charge in [-0.1, -0.05) is 11.3 Å². The number of hydrogen-bond donors (Lipinski definition) is 2. The molecular weight excluding hydrogens is 422 g/mol. The van der Waals surface area contributed by atoms with Gasteiger partial charge in [0.05, 0.1) is 29.4 Å². The number of hydrogen-bond acceptors (Lipinski definition) is 8. The number of carbonyl (C=O) groups excluding carboxylic acids is 2. The van der Waals surface area contributed by atoms with Crippen LogP contribution in [0.2, 0.25) is 0 Å². The maximum atomic E-state index is 12.6. The molecule has 0 radical (unpaired) electrons. The van der Waals surface area contributed by atoms with Crippen molar-refractivity contribution in [1.29, 1.82) is 0 Å². The molecule has 0 saturated carbocycles. The van der Waals surface area contributed by atoms with Gasteiger partial charge in [-0.05, 0) is 31.0 Å². The highest BCUT2D eigenvalue weighted by Crippen LogP contribution is 2.33. The van der Waals surface area contributed by atoms with E-state index in [-0.39, 0.29) is 24.2 Å². The number of aromatic nitrogens is 2. The molecule has 10 heteroatoms. The van der Waals surface area contributed by atoms with Gasteiger partial charge in [-0.25, -0.2) is 9.97 Å². The van der Waals surface area contributed by atoms with Crippen LogP contribution in [0.5, 0.6) is 5.75 Å². The van der Waals surface area contributed by atoms with Crippen molar-refractivity contribution in [3.8, 4) is 5.75 Å². The number of carbonyl (C=O) groups is 2. The fourth-order valence-electron chi connectivity index (χ4n) is 3.39. The van der Waals surface area contributed by atoms with Crippen LogP contribution in [0, 0.1) is 5.92 Å². The summed E-state index contributed by atoms with van der Waals surface area (Å²) in [6.07, 6.45) is 1.75. The molecule has 1 saturated heterocycles. The van der Waals surface area contributed by atoms with Crippen molar-refractivity contribution in [2.24, 2.45) is 5.92 Å². The lowest BCUT2D eigenvalue weighted by atomic mass is 9.96. The van der Waals surface area contributed by atoms with Gasteiger partial charge in [-0.15, -0.1) is 11.3 Å². The molecule has 8 nitrogen and oxygen atoms in total. The first-order chi connectivity index (χ1) is 14.6. The number of nitrogens with one attached hydrogen (secondary N) is 2. The lowest BCUT2D eigenvalue weighted by Crippen LogP contribution is -2.38. The van der Waals surface area contributed by atoms with Crippen LogP contribution in [0.4, 0.5) is 10.3 Å². The van der Waals surface area contributed by atoms with Gasteiger partial charge < -0.3 is 20.3 Å². The molecule has 2 aromatic heterocycles. The minimum atomic E-state index is -0.0983. The molecule has 0 spiro atoms. The Kier molecular flexibility index (Phi) is 6.14. The summed E-state index contributed by atoms with van der Waals surface area (Å²) in [7, 11) is 3.25. The number of fused-ring (bicyclic) bond motifs is 1. The Balaban J connectivity index is 1.33. The number of rotatable bonds is 6. The molecular formula is C20H23N5O3S2. The molecule has 0 unspecified atom stereocenters. The molecule has 158 valence electrons. The van der Waals surface area contributed by atoms with Crippen LogP contribution in [0.3, 0.4) is 0 Å². The monoisotopic (exact) mass is 445 g/mol. The van der Waals surface area contributed by atoms with E-state index < -0.39 is 0 Å². The Hall–Kier alpha value is -2.72. The fourth-order valence-corrected chi connectivity index (χ4v) is 5.15. The highest BCUT2D eigenvalue weighted by atomic mass is 32.1. The second-order valence-corrected chi connectivity index (χ2v) is 8.94. The summed E-state index contributed by atoms with van der Waals surface area (Å²) in [6.45, 7) is 1.57. The largest absolute Gasteiger partial charge is 0.497 e. The molecule has 1 aliphatic heterocycles. The van der Waals surface area contributed by atoms with Gasteiger partial charge in [0.1, 0.15) is 5.75 Å². The minimum Gasteiger partial charge on any atom is -0.497 e. The molecule has 1 fully saturated rings. The summed E-state index contributed by atoms with van der Waals surface area (Å²) in [6, 6.07) is 5.89. The van der Waals surface area contributed by atoms with Gasteiger partial charge in [0.15, 0.2) is 10.3 Å². The second-order valence-electron chi connectivity index (χ2n) is 7.07. The lowest BCUT2D eigenvalue weighted by molar-refractivity contribution is -0.120. The number of anilines is 2. The molecule has 0 aliphatic carbocycles. The van der Waals surface area contributed by atoms with Crippen LogP contribution < -0.4 is 20.3 Å². The molecule has 3 heterocycles. The third kappa shape index (κ3) is 4.54. The van der Waals surface area contributed by atoms with E-state index in [1.807, 2.05) is 18.2 Å². The normalized spacial score (nSPS) is 14.7. The third-order valence-corrected chi connectivity index (χ3v) is 7.01. The number of piperidine rings is 1. The zero-order valence-corrected chi connectivity index (χ0v) is 18.4. The number of nitrogens with zero attached hydrogens (tertiary/aromatic N) is 3. The van der Waals surface area contributed by atoms with E-state index in [4.69, 9.17) is 9.72 Å². The smallest absolute Gasteiger partial charge is 0.229 e. The van der Waals surface area contributed by atoms with Crippen molar-refractivity contribution < 1.29 is 14.3 Å². The van der Waals surface area contributed by atoms with Crippen LogP contribution in [0.25, 0.3) is 10.2 Å². The zero-order chi connectivity index (χ0) is 21.1. The molecule has 2 amide bonds. The predicted octanol–water partition coefficient (Wildman–Crippen LogP) is 2.91. The van der Waals surface area contributed by atoms with Gasteiger partial charge in [0, 0.05) is 31.4 Å². The van der Waals surface area contributed by atoms with Crippen molar-refractivity contribution in [2.75, 3.05) is 37.5 Å². The number of amides is 2. The Morgan fingerprint density at radius 2 is 2.07 bits per heavy atom. The molecule has 3 aromatic rings. The first kappa shape index (κ1) is 20.5. The number of methoxy groups -OCH3 is 1. The number of thiazole rings is 2. The molecule has 30 heavy (non-hydrogen) atoms. The first-order valence-corrected chi connectivity index (χ1v) is 11.4. The topological polar surface area (TPSA) is 96.5 Å². The lowest BCUT2D eigenvalue weighted by Gasteiger charge is -2.30. The maximum absolute atomic E-state index is 12.6. The molecule has 0 bridgehead atoms. The quantitative estimate of drug-likeness (QED) is 0.606. The van der Waals surface area contributed by atoms with E-state index in [0.717, 1.165) is 47.0 Å². The first-order valence-electron chi connectivity index (χ1n) is 9.71. The average Bonchev–Trinajstić information content (AvgIpc) is 3.39. The zero-order valence-electron chi connectivity index (χ0n) is 16.8. The summed E-state index contributed by atoms with van der Waals surface area (Å²) < 4.78 is 6.39. The molecule has 2 N–H and O–H groups in total. The van der Waals surface area contributed by atoms with Crippen LogP contribution in [-0.4, -0.2) is 49.0 Å². The van der Waals surface area contributed by atoms with E-state index in [1.165, 1.54) is 11.3 Å². The van der Waals surface area contributed by atoms with Crippen molar-refractivity contribution in [2.45, 2.75) is 19.3 Å². The fraction of sp³-hybridized carbons (Fsp3) is 0.400. The maximum Gasteiger partial charge on any atom is 0.229 e. The standard InChI is InChI=1S/C20H23N5O3S2/c1-21-17(26)9-13-11-29-19(22-13)24-18(27)12-5-7-25(8-6-12)20-23-15-4-3-14(28-2)10-16(15)30-20/h3-4,10-12H,5-9H2,1-2H3,(H,21,26)(H,22,24,27). The van der Waals surface area contributed by atoms with Gasteiger partial charge in [0.25, 0.3) is 0 Å². The van der Waals surface area contributed by atoms with Crippen molar-refractivity contribution in [3.05, 3.63) is 29.3 Å². The van der Waals surface area contributed by atoms with Gasteiger partial charge in [0.2, 0.25) is 11.8 Å². The third-order valence-electron chi connectivity index (χ3n) is 5.12. The Labute approximate surface area is 182 Å². The second kappa shape index (κ2) is 8.97. The summed E-state index contributed by atoms with van der Waals surface area (Å²) in [4.78, 5) is 35.4. The van der Waals surface area contributed by atoms with E-state index in [1.54, 1.807) is 30.9 Å². The molecule has 0 atom stereocenters. The minimum absolute atomic E-state index is 0.00970. The van der Waals surface area contributed by atoms with Gasteiger partial charge in [-0.2, -0.15) is 0 Å². The summed E-state index contributed by atoms with van der Waals surface area (Å²) in [5.74, 6) is 0.666. The highest BCUT2D eigenvalue weighted by molar-refractivity contribution is 7.22. The molecule has 1 aromatic carbocycles. The van der Waals surface area contributed by atoms with Crippen molar-refractivity contribution >= 4 is 55.0 Å². The van der Waals surface area contributed by atoms with Gasteiger partial charge in [-0.3, -0.25) is 9.59 Å². The van der Waals surface area contributed by atoms with E-state index >= 15 is 0 Å². The van der Waals surface area contributed by atoms with Crippen LogP contribution in [0.1, 0.15) is 18.5 Å². The van der Waals surface area contributed by atoms with Crippen LogP contribution in [0.15, 0.2) is 23.6 Å². The van der Waals surface area contributed by atoms with E-state index in [0.29, 0.717) is 10.8 Å². The Bertz CT molecular complexity index is 1060. The Morgan fingerprint density at radius 3 is 2.80 bits per heavy atom. The van der Waals surface area contributed by atoms with Crippen molar-refractivity contribution in [1.82, 2.24) is 15.3 Å². The molecule has 4 rings (SSSR count).